The second-order valence-corrected chi connectivity index (χ2v) is 9.26. The average Bonchev–Trinajstić information content (AvgIpc) is 3.13. The number of carbonyl (C=O) groups excluding carboxylic acids is 1. The molecule has 1 aromatic carbocycles. The van der Waals surface area contributed by atoms with Crippen LogP contribution in [0.25, 0.3) is 0 Å². The molecule has 26 heavy (non-hydrogen) atoms. The summed E-state index contributed by atoms with van der Waals surface area (Å²) < 4.78 is 6.19. The van der Waals surface area contributed by atoms with Gasteiger partial charge in [-0.3, -0.25) is 9.69 Å². The molecule has 3 saturated heterocycles. The second kappa shape index (κ2) is 7.58. The number of methoxy groups -OCH3 is 1. The van der Waals surface area contributed by atoms with Crippen LogP contribution in [-0.2, 0) is 0 Å². The number of piperidine rings is 3. The highest BCUT2D eigenvalue weighted by atomic mass is 32.2. The zero-order valence-corrected chi connectivity index (χ0v) is 16.6. The van der Waals surface area contributed by atoms with Crippen molar-refractivity contribution in [1.29, 1.82) is 0 Å². The molecule has 3 aliphatic rings. The SMILES string of the molecule is COc1ncc(Sc2ccc(C(=O)NC3C4CCN(CC4)C3C)cc2)s1. The molecule has 1 N–H and O–H groups in total. The molecule has 3 aliphatic heterocycles. The first-order valence-electron chi connectivity index (χ1n) is 8.96. The highest BCUT2D eigenvalue weighted by Crippen LogP contribution is 2.35. The molecule has 1 amide bonds. The van der Waals surface area contributed by atoms with Gasteiger partial charge >= 0.3 is 0 Å². The van der Waals surface area contributed by atoms with Gasteiger partial charge in [0.2, 0.25) is 0 Å². The number of hydrogen-bond donors (Lipinski definition) is 1. The quantitative estimate of drug-likeness (QED) is 0.848. The summed E-state index contributed by atoms with van der Waals surface area (Å²) in [4.78, 5) is 20.4. The van der Waals surface area contributed by atoms with Gasteiger partial charge in [0.05, 0.1) is 17.5 Å². The van der Waals surface area contributed by atoms with Gasteiger partial charge in [0.25, 0.3) is 11.1 Å². The molecule has 0 radical (unpaired) electrons. The van der Waals surface area contributed by atoms with E-state index in [1.165, 1.54) is 37.3 Å². The third kappa shape index (κ3) is 3.61. The van der Waals surface area contributed by atoms with Crippen LogP contribution in [0.5, 0.6) is 5.19 Å². The molecule has 5 rings (SSSR count). The molecule has 2 unspecified atom stereocenters. The highest BCUT2D eigenvalue weighted by Gasteiger charge is 2.40. The van der Waals surface area contributed by atoms with Crippen LogP contribution in [-0.4, -0.2) is 48.1 Å². The Morgan fingerprint density at radius 2 is 2.04 bits per heavy atom. The van der Waals surface area contributed by atoms with Gasteiger partial charge in [-0.2, -0.15) is 0 Å². The normalized spacial score (nSPS) is 27.3. The molecule has 0 spiro atoms. The molecule has 4 heterocycles. The first-order chi connectivity index (χ1) is 12.6. The second-order valence-electron chi connectivity index (χ2n) is 6.89. The minimum absolute atomic E-state index is 0.0339. The number of ether oxygens (including phenoxy) is 1. The number of thiazole rings is 1. The van der Waals surface area contributed by atoms with Gasteiger partial charge in [-0.05, 0) is 63.0 Å². The van der Waals surface area contributed by atoms with Crippen LogP contribution in [0.4, 0.5) is 0 Å². The molecule has 0 saturated carbocycles. The first-order valence-corrected chi connectivity index (χ1v) is 10.6. The summed E-state index contributed by atoms with van der Waals surface area (Å²) in [6, 6.07) is 8.49. The summed E-state index contributed by atoms with van der Waals surface area (Å²) in [5.74, 6) is 0.654. The monoisotopic (exact) mass is 389 g/mol. The van der Waals surface area contributed by atoms with Crippen LogP contribution in [0.15, 0.2) is 39.6 Å². The number of rotatable bonds is 5. The van der Waals surface area contributed by atoms with E-state index < -0.39 is 0 Å². The third-order valence-electron chi connectivity index (χ3n) is 5.45. The van der Waals surface area contributed by atoms with E-state index in [1.54, 1.807) is 18.9 Å². The zero-order valence-electron chi connectivity index (χ0n) is 15.0. The highest BCUT2D eigenvalue weighted by molar-refractivity contribution is 8.01. The summed E-state index contributed by atoms with van der Waals surface area (Å²) in [6.45, 7) is 4.58. The van der Waals surface area contributed by atoms with Gasteiger partial charge < -0.3 is 10.1 Å². The molecule has 1 aromatic heterocycles. The Hall–Kier alpha value is -1.57. The smallest absolute Gasteiger partial charge is 0.273 e. The number of benzene rings is 1. The fourth-order valence-electron chi connectivity index (χ4n) is 3.96. The van der Waals surface area contributed by atoms with Crippen molar-refractivity contribution in [1.82, 2.24) is 15.2 Å². The lowest BCUT2D eigenvalue weighted by atomic mass is 9.79. The minimum Gasteiger partial charge on any atom is -0.473 e. The van der Waals surface area contributed by atoms with Crippen LogP contribution >= 0.6 is 23.1 Å². The lowest BCUT2D eigenvalue weighted by Crippen LogP contribution is -2.62. The zero-order chi connectivity index (χ0) is 18.1. The Labute approximate surface area is 162 Å². The number of hydrogen-bond acceptors (Lipinski definition) is 6. The van der Waals surface area contributed by atoms with E-state index in [0.717, 1.165) is 14.7 Å². The lowest BCUT2D eigenvalue weighted by molar-refractivity contribution is 0.0217. The van der Waals surface area contributed by atoms with E-state index in [4.69, 9.17) is 4.74 Å². The molecule has 2 atom stereocenters. The Balaban J connectivity index is 1.39. The fourth-order valence-corrected chi connectivity index (χ4v) is 5.70. The van der Waals surface area contributed by atoms with Gasteiger partial charge in [-0.15, -0.1) is 0 Å². The Kier molecular flexibility index (Phi) is 5.20. The fraction of sp³-hybridized carbons (Fsp3) is 0.474. The first kappa shape index (κ1) is 17.8. The molecule has 2 aromatic rings. The van der Waals surface area contributed by atoms with Crippen molar-refractivity contribution in [3.63, 3.8) is 0 Å². The Morgan fingerprint density at radius 1 is 1.31 bits per heavy atom. The summed E-state index contributed by atoms with van der Waals surface area (Å²) >= 11 is 3.14. The molecule has 138 valence electrons. The Morgan fingerprint density at radius 3 is 2.65 bits per heavy atom. The summed E-state index contributed by atoms with van der Waals surface area (Å²) in [5.41, 5.74) is 0.722. The van der Waals surface area contributed by atoms with Crippen molar-refractivity contribution < 1.29 is 9.53 Å². The van der Waals surface area contributed by atoms with Crippen LogP contribution in [0, 0.1) is 5.92 Å². The van der Waals surface area contributed by atoms with Gasteiger partial charge in [-0.1, -0.05) is 23.1 Å². The van der Waals surface area contributed by atoms with Crippen molar-refractivity contribution >= 4 is 29.0 Å². The standard InChI is InChI=1S/C19H23N3O2S2/c1-12-17(13-7-9-22(12)10-8-13)21-18(23)14-3-5-15(6-4-14)25-16-11-20-19(24-2)26-16/h3-6,11-13,17H,7-10H2,1-2H3,(H,21,23). The van der Waals surface area contributed by atoms with Crippen molar-refractivity contribution in [3.8, 4) is 5.19 Å². The summed E-state index contributed by atoms with van der Waals surface area (Å²) in [6.07, 6.45) is 4.20. The van der Waals surface area contributed by atoms with E-state index in [9.17, 15) is 4.79 Å². The lowest BCUT2D eigenvalue weighted by Gasteiger charge is -2.49. The largest absolute Gasteiger partial charge is 0.473 e. The third-order valence-corrected chi connectivity index (χ3v) is 7.52. The van der Waals surface area contributed by atoms with Gasteiger partial charge in [0, 0.05) is 22.5 Å². The molecular formula is C19H23N3O2S2. The number of nitrogens with zero attached hydrogens (tertiary/aromatic N) is 2. The molecule has 3 fully saturated rings. The average molecular weight is 390 g/mol. The predicted molar refractivity (Wildman–Crippen MR) is 104 cm³/mol. The van der Waals surface area contributed by atoms with Gasteiger partial charge in [0.1, 0.15) is 0 Å². The van der Waals surface area contributed by atoms with E-state index in [2.05, 4.69) is 22.1 Å². The maximum atomic E-state index is 12.7. The molecule has 2 bridgehead atoms. The van der Waals surface area contributed by atoms with Gasteiger partial charge in [0.15, 0.2) is 0 Å². The van der Waals surface area contributed by atoms with Crippen molar-refractivity contribution in [2.75, 3.05) is 20.2 Å². The van der Waals surface area contributed by atoms with Crippen LogP contribution in [0.3, 0.4) is 0 Å². The van der Waals surface area contributed by atoms with Crippen molar-refractivity contribution in [2.24, 2.45) is 5.92 Å². The molecule has 7 heteroatoms. The van der Waals surface area contributed by atoms with Crippen molar-refractivity contribution in [2.45, 2.75) is 41.0 Å². The summed E-state index contributed by atoms with van der Waals surface area (Å²) in [7, 11) is 1.62. The van der Waals surface area contributed by atoms with E-state index in [1.807, 2.05) is 30.5 Å². The van der Waals surface area contributed by atoms with E-state index in [0.29, 0.717) is 17.2 Å². The molecule has 5 nitrogen and oxygen atoms in total. The number of carbonyl (C=O) groups is 1. The molecular weight excluding hydrogens is 366 g/mol. The number of fused-ring (bicyclic) bond motifs is 3. The predicted octanol–water partition coefficient (Wildman–Crippen LogP) is 3.52. The van der Waals surface area contributed by atoms with Crippen LogP contribution < -0.4 is 10.1 Å². The van der Waals surface area contributed by atoms with Crippen LogP contribution in [0.1, 0.15) is 30.1 Å². The number of amides is 1. The molecule has 0 aliphatic carbocycles. The maximum Gasteiger partial charge on any atom is 0.273 e. The topological polar surface area (TPSA) is 54.5 Å². The number of nitrogens with one attached hydrogen (secondary N) is 1. The summed E-state index contributed by atoms with van der Waals surface area (Å²) in [5, 5.41) is 3.95. The van der Waals surface area contributed by atoms with Gasteiger partial charge in [-0.25, -0.2) is 4.98 Å². The van der Waals surface area contributed by atoms with E-state index in [-0.39, 0.29) is 11.9 Å². The van der Waals surface area contributed by atoms with E-state index >= 15 is 0 Å². The van der Waals surface area contributed by atoms with Crippen LogP contribution in [0.2, 0.25) is 0 Å². The Bertz CT molecular complexity index is 767. The number of aromatic nitrogens is 1. The maximum absolute atomic E-state index is 12.7. The minimum atomic E-state index is 0.0339. The van der Waals surface area contributed by atoms with Crippen molar-refractivity contribution in [3.05, 3.63) is 36.0 Å².